The average molecular weight is 626 g/mol. The van der Waals surface area contributed by atoms with Gasteiger partial charge in [0.05, 0.1) is 29.1 Å². The van der Waals surface area contributed by atoms with Gasteiger partial charge in [-0.15, -0.1) is 0 Å². The van der Waals surface area contributed by atoms with Crippen LogP contribution in [0.1, 0.15) is 32.8 Å². The Morgan fingerprint density at radius 3 is 2.37 bits per heavy atom. The Kier molecular flexibility index (Phi) is 8.76. The molecule has 0 saturated heterocycles. The van der Waals surface area contributed by atoms with Gasteiger partial charge >= 0.3 is 12.3 Å². The van der Waals surface area contributed by atoms with Gasteiger partial charge in [-0.25, -0.2) is 17.6 Å². The predicted molar refractivity (Wildman–Crippen MR) is 146 cm³/mol. The number of halogens is 4. The molecule has 4 rings (SSSR count). The molecule has 10 nitrogen and oxygen atoms in total. The number of carbonyl (C=O) groups is 2. The highest BCUT2D eigenvalue weighted by molar-refractivity contribution is 7.92. The number of ether oxygens (including phenoxy) is 2. The summed E-state index contributed by atoms with van der Waals surface area (Å²) in [5.41, 5.74) is 0.181. The predicted octanol–water partition coefficient (Wildman–Crippen LogP) is 5.65. The van der Waals surface area contributed by atoms with Crippen LogP contribution in [0.25, 0.3) is 0 Å². The summed E-state index contributed by atoms with van der Waals surface area (Å²) >= 11 is 0. The lowest BCUT2D eigenvalue weighted by Crippen LogP contribution is -2.45. The van der Waals surface area contributed by atoms with Gasteiger partial charge in [0.1, 0.15) is 23.3 Å². The van der Waals surface area contributed by atoms with Crippen molar-refractivity contribution in [3.05, 3.63) is 78.1 Å². The van der Waals surface area contributed by atoms with Gasteiger partial charge in [0, 0.05) is 5.69 Å². The number of hydrogen-bond acceptors (Lipinski definition) is 7. The molecule has 1 heterocycles. The average Bonchev–Trinajstić information content (AvgIpc) is 2.91. The van der Waals surface area contributed by atoms with Gasteiger partial charge in [0.15, 0.2) is 5.75 Å². The van der Waals surface area contributed by atoms with Gasteiger partial charge in [-0.3, -0.25) is 14.4 Å². The highest BCUT2D eigenvalue weighted by Crippen LogP contribution is 2.40. The first kappa shape index (κ1) is 31.4. The summed E-state index contributed by atoms with van der Waals surface area (Å²) in [7, 11) is -4.65. The summed E-state index contributed by atoms with van der Waals surface area (Å²) in [6.07, 6.45) is -7.15. The third-order valence-corrected chi connectivity index (χ3v) is 7.57. The van der Waals surface area contributed by atoms with Crippen LogP contribution in [0.3, 0.4) is 0 Å². The van der Waals surface area contributed by atoms with Crippen LogP contribution in [-0.2, 0) is 25.7 Å². The Bertz CT molecular complexity index is 1610. The van der Waals surface area contributed by atoms with Crippen LogP contribution in [0.5, 0.6) is 11.5 Å². The van der Waals surface area contributed by atoms with Crippen LogP contribution in [0.4, 0.5) is 33.7 Å². The molecule has 3 aromatic carbocycles. The largest absolute Gasteiger partial charge is 0.486 e. The van der Waals surface area contributed by atoms with Crippen LogP contribution >= 0.6 is 0 Å². The minimum atomic E-state index is -4.80. The molecule has 15 heteroatoms. The fourth-order valence-electron chi connectivity index (χ4n) is 3.97. The zero-order chi connectivity index (χ0) is 31.6. The molecule has 0 aliphatic carbocycles. The lowest BCUT2D eigenvalue weighted by Gasteiger charge is -2.35. The van der Waals surface area contributed by atoms with E-state index in [0.29, 0.717) is 6.07 Å². The molecular weight excluding hydrogens is 598 g/mol. The molecule has 2 N–H and O–H groups in total. The third-order valence-electron chi connectivity index (χ3n) is 5.79. The number of nitrogens with one attached hydrogen (secondary N) is 2. The Morgan fingerprint density at radius 2 is 1.72 bits per heavy atom. The van der Waals surface area contributed by atoms with Crippen molar-refractivity contribution in [1.29, 1.82) is 0 Å². The van der Waals surface area contributed by atoms with Gasteiger partial charge in [0.25, 0.3) is 15.9 Å². The number of anilines is 2. The number of hydrogen-bond donors (Lipinski definition) is 2. The van der Waals surface area contributed by atoms with Crippen LogP contribution in [-0.4, -0.2) is 38.7 Å². The molecule has 1 atom stereocenters. The number of carbonyl (C=O) groups excluding carboxylic acids is 2. The number of amides is 2. The lowest BCUT2D eigenvalue weighted by molar-refractivity contribution is -0.137. The zero-order valence-electron chi connectivity index (χ0n) is 23.1. The highest BCUT2D eigenvalue weighted by atomic mass is 32.2. The van der Waals surface area contributed by atoms with Gasteiger partial charge in [0.2, 0.25) is 0 Å². The summed E-state index contributed by atoms with van der Waals surface area (Å²) < 4.78 is 92.7. The Balaban J connectivity index is 1.63. The minimum absolute atomic E-state index is 0.0196. The number of fused-ring (bicyclic) bond motifs is 1. The first-order valence-corrected chi connectivity index (χ1v) is 14.2. The molecule has 0 saturated carbocycles. The van der Waals surface area contributed by atoms with Crippen molar-refractivity contribution in [2.75, 3.05) is 16.2 Å². The highest BCUT2D eigenvalue weighted by Gasteiger charge is 2.38. The van der Waals surface area contributed by atoms with Crippen molar-refractivity contribution < 1.29 is 49.9 Å². The Morgan fingerprint density at radius 1 is 1.02 bits per heavy atom. The van der Waals surface area contributed by atoms with E-state index in [1.165, 1.54) is 30.3 Å². The normalized spacial score (nSPS) is 15.1. The molecular formula is C28H27F4N3O7S. The lowest BCUT2D eigenvalue weighted by atomic mass is 10.1. The van der Waals surface area contributed by atoms with Crippen molar-refractivity contribution >= 4 is 33.4 Å². The van der Waals surface area contributed by atoms with Crippen LogP contribution < -0.4 is 24.7 Å². The van der Waals surface area contributed by atoms with E-state index in [1.807, 2.05) is 0 Å². The van der Waals surface area contributed by atoms with Gasteiger partial charge < -0.3 is 14.3 Å². The van der Waals surface area contributed by atoms with Gasteiger partial charge in [-0.1, -0.05) is 6.07 Å². The molecule has 3 aromatic rings. The van der Waals surface area contributed by atoms with Crippen molar-refractivity contribution in [3.63, 3.8) is 0 Å². The number of benzene rings is 3. The standard InChI is InChI=1S/C28H27F4N3O7S/c1-27(2,3)41-26(37)33-19-9-12-24-23(14-19)35(43(38,39)22-6-4-5-17(13-22)28(30,31)32)16-21(40-24)15-25(36)34-42-20-10-7-18(29)8-11-20/h4-14,21H,15-16H2,1-3H3,(H,33,37)(H,34,36). The number of hydroxylamine groups is 1. The summed E-state index contributed by atoms with van der Waals surface area (Å²) in [6.45, 7) is 4.47. The maximum atomic E-state index is 13.8. The summed E-state index contributed by atoms with van der Waals surface area (Å²) in [4.78, 5) is 29.4. The number of sulfonamides is 1. The fraction of sp³-hybridized carbons (Fsp3) is 0.286. The van der Waals surface area contributed by atoms with E-state index in [1.54, 1.807) is 20.8 Å². The quantitative estimate of drug-likeness (QED) is 0.257. The zero-order valence-corrected chi connectivity index (χ0v) is 23.9. The van der Waals surface area contributed by atoms with E-state index < -0.39 is 69.1 Å². The van der Waals surface area contributed by atoms with Crippen molar-refractivity contribution in [3.8, 4) is 11.5 Å². The van der Waals surface area contributed by atoms with Crippen molar-refractivity contribution in [1.82, 2.24) is 5.48 Å². The molecule has 2 amide bonds. The van der Waals surface area contributed by atoms with Crippen molar-refractivity contribution in [2.45, 2.75) is 50.0 Å². The molecule has 1 aliphatic heterocycles. The molecule has 1 unspecified atom stereocenters. The van der Waals surface area contributed by atoms with E-state index in [4.69, 9.17) is 14.3 Å². The summed E-state index contributed by atoms with van der Waals surface area (Å²) in [5.74, 6) is -1.13. The van der Waals surface area contributed by atoms with Gasteiger partial charge in [-0.05, 0) is 81.4 Å². The smallest absolute Gasteiger partial charge is 0.416 e. The molecule has 0 aromatic heterocycles. The number of rotatable bonds is 7. The maximum Gasteiger partial charge on any atom is 0.416 e. The second-order valence-electron chi connectivity index (χ2n) is 10.4. The van der Waals surface area contributed by atoms with Crippen LogP contribution in [0.15, 0.2) is 71.6 Å². The van der Waals surface area contributed by atoms with Crippen LogP contribution in [0, 0.1) is 5.82 Å². The molecule has 1 aliphatic rings. The SMILES string of the molecule is CC(C)(C)OC(=O)Nc1ccc2c(c1)N(S(=O)(=O)c1cccc(C(F)(F)F)c1)CC(CC(=O)NOc1ccc(F)cc1)O2. The van der Waals surface area contributed by atoms with E-state index in [0.717, 1.165) is 34.6 Å². The second kappa shape index (κ2) is 12.0. The molecule has 0 fully saturated rings. The second-order valence-corrected chi connectivity index (χ2v) is 12.3. The Hall–Kier alpha value is -4.53. The first-order chi connectivity index (χ1) is 20.0. The van der Waals surface area contributed by atoms with Crippen LogP contribution in [0.2, 0.25) is 0 Å². The summed E-state index contributed by atoms with van der Waals surface area (Å²) in [6, 6.07) is 12.0. The number of nitrogens with zero attached hydrogens (tertiary/aromatic N) is 1. The van der Waals surface area contributed by atoms with E-state index in [2.05, 4.69) is 10.8 Å². The molecule has 0 spiro atoms. The van der Waals surface area contributed by atoms with Crippen molar-refractivity contribution in [2.24, 2.45) is 0 Å². The van der Waals surface area contributed by atoms with E-state index in [-0.39, 0.29) is 22.9 Å². The monoisotopic (exact) mass is 625 g/mol. The third kappa shape index (κ3) is 8.06. The topological polar surface area (TPSA) is 123 Å². The fourth-order valence-corrected chi connectivity index (χ4v) is 5.52. The minimum Gasteiger partial charge on any atom is -0.486 e. The first-order valence-electron chi connectivity index (χ1n) is 12.7. The van der Waals surface area contributed by atoms with E-state index in [9.17, 15) is 35.6 Å². The Labute approximate surface area is 244 Å². The maximum absolute atomic E-state index is 13.8. The molecule has 0 bridgehead atoms. The molecule has 230 valence electrons. The molecule has 43 heavy (non-hydrogen) atoms. The summed E-state index contributed by atoms with van der Waals surface area (Å²) in [5, 5.41) is 2.48. The van der Waals surface area contributed by atoms with E-state index >= 15 is 0 Å². The number of alkyl halides is 3. The molecule has 0 radical (unpaired) electrons. The van der Waals surface area contributed by atoms with Gasteiger partial charge in [-0.2, -0.15) is 18.7 Å².